The van der Waals surface area contributed by atoms with Gasteiger partial charge in [-0.15, -0.1) is 0 Å². The van der Waals surface area contributed by atoms with Gasteiger partial charge in [0.05, 0.1) is 25.3 Å². The van der Waals surface area contributed by atoms with Gasteiger partial charge in [0, 0.05) is 22.1 Å². The van der Waals surface area contributed by atoms with E-state index in [4.69, 9.17) is 9.47 Å². The van der Waals surface area contributed by atoms with Crippen molar-refractivity contribution in [1.82, 2.24) is 4.57 Å². The van der Waals surface area contributed by atoms with Crippen LogP contribution in [0, 0.1) is 0 Å². The number of nitrogens with zero attached hydrogens (tertiary/aromatic N) is 1. The molecule has 1 aliphatic carbocycles. The van der Waals surface area contributed by atoms with E-state index in [0.29, 0.717) is 12.1 Å². The van der Waals surface area contributed by atoms with Crippen molar-refractivity contribution in [2.24, 2.45) is 0 Å². The van der Waals surface area contributed by atoms with Crippen LogP contribution in [0.2, 0.25) is 0 Å². The number of benzene rings is 2. The molecule has 1 heterocycles. The van der Waals surface area contributed by atoms with Gasteiger partial charge in [-0.1, -0.05) is 34.5 Å². The number of para-hydroxylation sites is 1. The van der Waals surface area contributed by atoms with Crippen LogP contribution in [0.3, 0.4) is 0 Å². The molecule has 5 heteroatoms. The minimum absolute atomic E-state index is 0.286. The van der Waals surface area contributed by atoms with Crippen LogP contribution in [-0.4, -0.2) is 24.8 Å². The first-order chi connectivity index (χ1) is 13.6. The number of aryl methyl sites for hydroxylation is 1. The molecule has 3 aromatic rings. The van der Waals surface area contributed by atoms with Crippen molar-refractivity contribution >= 4 is 32.8 Å². The van der Waals surface area contributed by atoms with Crippen LogP contribution in [0.4, 0.5) is 0 Å². The Morgan fingerprint density at radius 1 is 1.11 bits per heavy atom. The summed E-state index contributed by atoms with van der Waals surface area (Å²) in [5, 5.41) is 1.18. The Morgan fingerprint density at radius 2 is 1.93 bits per heavy atom. The first-order valence-electron chi connectivity index (χ1n) is 9.67. The Balaban J connectivity index is 1.94. The van der Waals surface area contributed by atoms with Gasteiger partial charge < -0.3 is 14.0 Å². The summed E-state index contributed by atoms with van der Waals surface area (Å²) in [4.78, 5) is 12.5. The fourth-order valence-electron chi connectivity index (χ4n) is 4.33. The minimum Gasteiger partial charge on any atom is -0.497 e. The number of ether oxygens (including phenoxy) is 2. The molecule has 2 aromatic carbocycles. The average molecular weight is 442 g/mol. The Bertz CT molecular complexity index is 1040. The van der Waals surface area contributed by atoms with Crippen molar-refractivity contribution < 1.29 is 14.3 Å². The van der Waals surface area contributed by atoms with E-state index in [1.54, 1.807) is 7.11 Å². The number of aromatic nitrogens is 1. The van der Waals surface area contributed by atoms with Crippen LogP contribution in [-0.2, 0) is 24.1 Å². The zero-order valence-electron chi connectivity index (χ0n) is 16.3. The number of hydrogen-bond acceptors (Lipinski definition) is 3. The van der Waals surface area contributed by atoms with Crippen LogP contribution in [0.15, 0.2) is 40.9 Å². The molecule has 4 nitrogen and oxygen atoms in total. The fourth-order valence-corrected chi connectivity index (χ4v) is 4.85. The summed E-state index contributed by atoms with van der Waals surface area (Å²) in [7, 11) is 3.12. The normalized spacial score (nSPS) is 13.8. The molecule has 0 radical (unpaired) electrons. The molecule has 1 aliphatic rings. The third-order valence-corrected chi connectivity index (χ3v) is 6.02. The van der Waals surface area contributed by atoms with Gasteiger partial charge in [-0.2, -0.15) is 0 Å². The quantitative estimate of drug-likeness (QED) is 0.395. The number of carbonyl (C=O) groups excluding carboxylic acids is 1. The van der Waals surface area contributed by atoms with Gasteiger partial charge in [0.15, 0.2) is 0 Å². The second-order valence-electron chi connectivity index (χ2n) is 7.26. The summed E-state index contributed by atoms with van der Waals surface area (Å²) in [6.45, 7) is 0.690. The summed E-state index contributed by atoms with van der Waals surface area (Å²) in [6, 6.07) is 12.1. The second-order valence-corrected chi connectivity index (χ2v) is 8.18. The van der Waals surface area contributed by atoms with Crippen molar-refractivity contribution in [2.45, 2.75) is 38.6 Å². The molecule has 0 N–H and O–H groups in total. The predicted molar refractivity (Wildman–Crippen MR) is 114 cm³/mol. The lowest BCUT2D eigenvalue weighted by Gasteiger charge is -2.14. The SMILES string of the molecule is COC(=O)c1cccc2c3c(n(Cc4cc(Br)cc(OC)c4)c12)CCCCC3. The predicted octanol–water partition coefficient (Wildman–Crippen LogP) is 5.52. The van der Waals surface area contributed by atoms with E-state index >= 15 is 0 Å². The molecule has 28 heavy (non-hydrogen) atoms. The van der Waals surface area contributed by atoms with Crippen molar-refractivity contribution in [3.63, 3.8) is 0 Å². The molecule has 0 spiro atoms. The number of hydrogen-bond donors (Lipinski definition) is 0. The Kier molecular flexibility index (Phi) is 5.44. The minimum atomic E-state index is -0.286. The van der Waals surface area contributed by atoms with E-state index < -0.39 is 0 Å². The lowest BCUT2D eigenvalue weighted by atomic mass is 10.0. The van der Waals surface area contributed by atoms with Gasteiger partial charge in [0.25, 0.3) is 0 Å². The molecular weight excluding hydrogens is 418 g/mol. The number of rotatable bonds is 4. The lowest BCUT2D eigenvalue weighted by molar-refractivity contribution is 0.0602. The van der Waals surface area contributed by atoms with Crippen molar-refractivity contribution in [2.75, 3.05) is 14.2 Å². The number of methoxy groups -OCH3 is 2. The van der Waals surface area contributed by atoms with Crippen molar-refractivity contribution in [3.8, 4) is 5.75 Å². The Hall–Kier alpha value is -2.27. The molecule has 0 bridgehead atoms. The molecule has 0 atom stereocenters. The number of halogens is 1. The maximum atomic E-state index is 12.5. The van der Waals surface area contributed by atoms with Crippen molar-refractivity contribution in [3.05, 3.63) is 63.3 Å². The number of carbonyl (C=O) groups is 1. The standard InChI is InChI=1S/C23H24BrNO3/c1-27-17-12-15(11-16(24)13-17)14-25-21-10-5-3-4-7-18(21)19-8-6-9-20(22(19)25)23(26)28-2/h6,8-9,11-13H,3-5,7,10,14H2,1-2H3. The second kappa shape index (κ2) is 8.00. The number of esters is 1. The van der Waals surface area contributed by atoms with Crippen LogP contribution in [0.25, 0.3) is 10.9 Å². The average Bonchev–Trinajstić information content (AvgIpc) is 2.86. The van der Waals surface area contributed by atoms with E-state index in [1.807, 2.05) is 18.2 Å². The zero-order chi connectivity index (χ0) is 19.7. The van der Waals surface area contributed by atoms with E-state index in [9.17, 15) is 4.79 Å². The van der Waals surface area contributed by atoms with Gasteiger partial charge in [0.1, 0.15) is 5.75 Å². The van der Waals surface area contributed by atoms with E-state index in [-0.39, 0.29) is 5.97 Å². The molecule has 1 aromatic heterocycles. The third-order valence-electron chi connectivity index (χ3n) is 5.56. The molecule has 0 saturated carbocycles. The van der Waals surface area contributed by atoms with Gasteiger partial charge in [0.2, 0.25) is 0 Å². The highest BCUT2D eigenvalue weighted by atomic mass is 79.9. The molecule has 0 fully saturated rings. The molecule has 0 aliphatic heterocycles. The highest BCUT2D eigenvalue weighted by Gasteiger charge is 2.23. The van der Waals surface area contributed by atoms with Crippen LogP contribution >= 0.6 is 15.9 Å². The van der Waals surface area contributed by atoms with Gasteiger partial charge in [-0.05, 0) is 61.1 Å². The maximum absolute atomic E-state index is 12.5. The van der Waals surface area contributed by atoms with E-state index in [2.05, 4.69) is 38.7 Å². The van der Waals surface area contributed by atoms with Crippen LogP contribution in [0.1, 0.15) is 46.4 Å². The van der Waals surface area contributed by atoms with Crippen molar-refractivity contribution in [1.29, 1.82) is 0 Å². The third kappa shape index (κ3) is 3.44. The fraction of sp³-hybridized carbons (Fsp3) is 0.348. The maximum Gasteiger partial charge on any atom is 0.340 e. The zero-order valence-corrected chi connectivity index (χ0v) is 17.8. The molecule has 4 rings (SSSR count). The Morgan fingerprint density at radius 3 is 2.71 bits per heavy atom. The highest BCUT2D eigenvalue weighted by Crippen LogP contribution is 2.35. The van der Waals surface area contributed by atoms with E-state index in [0.717, 1.165) is 34.1 Å². The Labute approximate surface area is 173 Å². The molecular formula is C23H24BrNO3. The van der Waals surface area contributed by atoms with Crippen LogP contribution in [0.5, 0.6) is 5.75 Å². The largest absolute Gasteiger partial charge is 0.497 e. The summed E-state index contributed by atoms with van der Waals surface area (Å²) in [6.07, 6.45) is 5.72. The molecule has 146 valence electrons. The van der Waals surface area contributed by atoms with E-state index in [1.165, 1.54) is 43.0 Å². The summed E-state index contributed by atoms with van der Waals surface area (Å²) < 4.78 is 13.8. The van der Waals surface area contributed by atoms with Crippen LogP contribution < -0.4 is 4.74 Å². The molecule has 0 unspecified atom stereocenters. The van der Waals surface area contributed by atoms with Gasteiger partial charge in [-0.3, -0.25) is 0 Å². The monoisotopic (exact) mass is 441 g/mol. The molecule has 0 saturated heterocycles. The summed E-state index contributed by atoms with van der Waals surface area (Å²) >= 11 is 3.58. The lowest BCUT2D eigenvalue weighted by Crippen LogP contribution is -2.09. The number of fused-ring (bicyclic) bond motifs is 3. The molecule has 0 amide bonds. The highest BCUT2D eigenvalue weighted by molar-refractivity contribution is 9.10. The smallest absolute Gasteiger partial charge is 0.340 e. The topological polar surface area (TPSA) is 40.5 Å². The van der Waals surface area contributed by atoms with Gasteiger partial charge in [-0.25, -0.2) is 4.79 Å². The van der Waals surface area contributed by atoms with Gasteiger partial charge >= 0.3 is 5.97 Å². The first kappa shape index (κ1) is 19.1. The first-order valence-corrected chi connectivity index (χ1v) is 10.5. The summed E-state index contributed by atoms with van der Waals surface area (Å²) in [5.41, 5.74) is 5.49. The summed E-state index contributed by atoms with van der Waals surface area (Å²) in [5.74, 6) is 0.534.